The van der Waals surface area contributed by atoms with Crippen molar-refractivity contribution in [1.82, 2.24) is 0 Å². The van der Waals surface area contributed by atoms with E-state index in [4.69, 9.17) is 21.1 Å². The van der Waals surface area contributed by atoms with Gasteiger partial charge in [-0.1, -0.05) is 17.7 Å². The van der Waals surface area contributed by atoms with E-state index in [-0.39, 0.29) is 30.4 Å². The summed E-state index contributed by atoms with van der Waals surface area (Å²) in [4.78, 5) is 36.7. The second-order valence-corrected chi connectivity index (χ2v) is 6.33. The highest BCUT2D eigenvalue weighted by Gasteiger charge is 2.37. The van der Waals surface area contributed by atoms with Crippen LogP contribution in [0.2, 0.25) is 5.02 Å². The van der Waals surface area contributed by atoms with Crippen LogP contribution in [0, 0.1) is 16.0 Å². The Morgan fingerprint density at radius 2 is 2.07 bits per heavy atom. The topological polar surface area (TPSA) is 99.0 Å². The van der Waals surface area contributed by atoms with E-state index in [2.05, 4.69) is 0 Å². The summed E-state index contributed by atoms with van der Waals surface area (Å²) in [5.74, 6) is -1.62. The lowest BCUT2D eigenvalue weighted by Crippen LogP contribution is -2.27. The van der Waals surface area contributed by atoms with Crippen molar-refractivity contribution in [2.45, 2.75) is 6.42 Å². The number of nitrogens with zero attached hydrogens (tertiary/aromatic N) is 2. The second-order valence-electron chi connectivity index (χ2n) is 5.90. The van der Waals surface area contributed by atoms with Gasteiger partial charge < -0.3 is 14.4 Å². The van der Waals surface area contributed by atoms with Gasteiger partial charge in [0, 0.05) is 23.7 Å². The molecule has 0 aliphatic carbocycles. The molecule has 1 aliphatic rings. The number of esters is 1. The van der Waals surface area contributed by atoms with E-state index < -0.39 is 22.5 Å². The standard InChI is InChI=1S/C18H15ClN2O6/c1-26-14-5-6-16(15(9-14)21(24)25)27-18(23)11-7-17(22)20(10-11)13-4-2-3-12(19)8-13/h2-6,8-9,11H,7,10H2,1H3. The summed E-state index contributed by atoms with van der Waals surface area (Å²) in [6, 6.07) is 10.6. The van der Waals surface area contributed by atoms with Gasteiger partial charge >= 0.3 is 11.7 Å². The number of anilines is 1. The summed E-state index contributed by atoms with van der Waals surface area (Å²) in [5.41, 5.74) is 0.192. The fraction of sp³-hybridized carbons (Fsp3) is 0.222. The van der Waals surface area contributed by atoms with E-state index >= 15 is 0 Å². The van der Waals surface area contributed by atoms with Gasteiger partial charge in [-0.15, -0.1) is 0 Å². The number of hydrogen-bond acceptors (Lipinski definition) is 6. The maximum absolute atomic E-state index is 12.5. The smallest absolute Gasteiger partial charge is 0.316 e. The number of benzene rings is 2. The number of carbonyl (C=O) groups is 2. The molecule has 1 saturated heterocycles. The average molecular weight is 391 g/mol. The highest BCUT2D eigenvalue weighted by Crippen LogP contribution is 2.33. The minimum Gasteiger partial charge on any atom is -0.496 e. The number of nitro groups is 1. The van der Waals surface area contributed by atoms with Gasteiger partial charge in [-0.05, 0) is 30.3 Å². The van der Waals surface area contributed by atoms with Crippen molar-refractivity contribution < 1.29 is 24.0 Å². The lowest BCUT2D eigenvalue weighted by atomic mass is 10.1. The molecule has 140 valence electrons. The predicted molar refractivity (Wildman–Crippen MR) is 97.2 cm³/mol. The van der Waals surface area contributed by atoms with Gasteiger partial charge in [-0.2, -0.15) is 0 Å². The minimum absolute atomic E-state index is 0.0463. The first-order chi connectivity index (χ1) is 12.9. The fourth-order valence-corrected chi connectivity index (χ4v) is 2.99. The van der Waals surface area contributed by atoms with Crippen LogP contribution >= 0.6 is 11.6 Å². The van der Waals surface area contributed by atoms with E-state index in [0.717, 1.165) is 0 Å². The Balaban J connectivity index is 1.76. The molecule has 0 spiro atoms. The van der Waals surface area contributed by atoms with Gasteiger partial charge in [-0.25, -0.2) is 0 Å². The molecule has 2 aromatic carbocycles. The molecule has 0 aromatic heterocycles. The van der Waals surface area contributed by atoms with Gasteiger partial charge in [-0.3, -0.25) is 19.7 Å². The van der Waals surface area contributed by atoms with Crippen molar-refractivity contribution in [2.24, 2.45) is 5.92 Å². The summed E-state index contributed by atoms with van der Waals surface area (Å²) in [7, 11) is 1.37. The Bertz CT molecular complexity index is 916. The molecule has 0 radical (unpaired) electrons. The molecule has 1 unspecified atom stereocenters. The normalized spacial score (nSPS) is 16.3. The van der Waals surface area contributed by atoms with E-state index in [1.807, 2.05) is 0 Å². The van der Waals surface area contributed by atoms with Crippen LogP contribution < -0.4 is 14.4 Å². The number of carbonyl (C=O) groups excluding carboxylic acids is 2. The SMILES string of the molecule is COc1ccc(OC(=O)C2CC(=O)N(c3cccc(Cl)c3)C2)c([N+](=O)[O-])c1. The van der Waals surface area contributed by atoms with Crippen LogP contribution in [0.1, 0.15) is 6.42 Å². The second kappa shape index (κ2) is 7.63. The number of hydrogen-bond donors (Lipinski definition) is 0. The highest BCUT2D eigenvalue weighted by molar-refractivity contribution is 6.31. The van der Waals surface area contributed by atoms with Crippen LogP contribution in [-0.2, 0) is 9.59 Å². The highest BCUT2D eigenvalue weighted by atomic mass is 35.5. The van der Waals surface area contributed by atoms with Crippen LogP contribution in [0.25, 0.3) is 0 Å². The number of methoxy groups -OCH3 is 1. The van der Waals surface area contributed by atoms with Crippen molar-refractivity contribution in [3.05, 3.63) is 57.6 Å². The number of amides is 1. The van der Waals surface area contributed by atoms with Gasteiger partial charge in [0.2, 0.25) is 11.7 Å². The van der Waals surface area contributed by atoms with E-state index in [1.165, 1.54) is 30.2 Å². The molecular formula is C18H15ClN2O6. The first-order valence-electron chi connectivity index (χ1n) is 7.99. The van der Waals surface area contributed by atoms with Crippen LogP contribution in [0.5, 0.6) is 11.5 Å². The molecule has 9 heteroatoms. The first kappa shape index (κ1) is 18.7. The molecule has 1 heterocycles. The molecule has 0 bridgehead atoms. The number of rotatable bonds is 5. The number of halogens is 1. The molecular weight excluding hydrogens is 376 g/mol. The van der Waals surface area contributed by atoms with Crippen molar-refractivity contribution in [1.29, 1.82) is 0 Å². The van der Waals surface area contributed by atoms with Crippen LogP contribution in [0.15, 0.2) is 42.5 Å². The van der Waals surface area contributed by atoms with Crippen LogP contribution in [0.3, 0.4) is 0 Å². The lowest BCUT2D eigenvalue weighted by molar-refractivity contribution is -0.385. The summed E-state index contributed by atoms with van der Waals surface area (Å²) in [6.45, 7) is 0.113. The van der Waals surface area contributed by atoms with E-state index in [1.54, 1.807) is 24.3 Å². The largest absolute Gasteiger partial charge is 0.496 e. The molecule has 1 amide bonds. The third-order valence-corrected chi connectivity index (χ3v) is 4.39. The maximum Gasteiger partial charge on any atom is 0.316 e. The van der Waals surface area contributed by atoms with Gasteiger partial charge in [0.15, 0.2) is 0 Å². The number of ether oxygens (including phenoxy) is 2. The molecule has 1 fully saturated rings. The monoisotopic (exact) mass is 390 g/mol. The molecule has 1 atom stereocenters. The zero-order chi connectivity index (χ0) is 19.6. The maximum atomic E-state index is 12.5. The van der Waals surface area contributed by atoms with Crippen molar-refractivity contribution in [3.8, 4) is 11.5 Å². The van der Waals surface area contributed by atoms with E-state index in [0.29, 0.717) is 10.7 Å². The Kier molecular flexibility index (Phi) is 5.27. The Morgan fingerprint density at radius 1 is 1.30 bits per heavy atom. The fourth-order valence-electron chi connectivity index (χ4n) is 2.80. The van der Waals surface area contributed by atoms with E-state index in [9.17, 15) is 19.7 Å². The molecule has 2 aromatic rings. The summed E-state index contributed by atoms with van der Waals surface area (Å²) in [6.07, 6.45) is -0.0463. The summed E-state index contributed by atoms with van der Waals surface area (Å²) >= 11 is 5.95. The third kappa shape index (κ3) is 4.01. The molecule has 3 rings (SSSR count). The van der Waals surface area contributed by atoms with Crippen LogP contribution in [-0.4, -0.2) is 30.5 Å². The van der Waals surface area contributed by atoms with Crippen molar-refractivity contribution in [2.75, 3.05) is 18.6 Å². The van der Waals surface area contributed by atoms with Gasteiger partial charge in [0.25, 0.3) is 0 Å². The summed E-state index contributed by atoms with van der Waals surface area (Å²) in [5, 5.41) is 11.7. The lowest BCUT2D eigenvalue weighted by Gasteiger charge is -2.16. The van der Waals surface area contributed by atoms with Gasteiger partial charge in [0.1, 0.15) is 5.75 Å². The molecule has 8 nitrogen and oxygen atoms in total. The van der Waals surface area contributed by atoms with Crippen LogP contribution in [0.4, 0.5) is 11.4 Å². The minimum atomic E-state index is -0.738. The van der Waals surface area contributed by atoms with Crippen molar-refractivity contribution in [3.63, 3.8) is 0 Å². The average Bonchev–Trinajstić information content (AvgIpc) is 3.03. The first-order valence-corrected chi connectivity index (χ1v) is 8.37. The molecule has 0 N–H and O–H groups in total. The zero-order valence-electron chi connectivity index (χ0n) is 14.3. The quantitative estimate of drug-likeness (QED) is 0.336. The molecule has 1 aliphatic heterocycles. The third-order valence-electron chi connectivity index (χ3n) is 4.15. The van der Waals surface area contributed by atoms with Crippen molar-refractivity contribution >= 4 is 34.9 Å². The zero-order valence-corrected chi connectivity index (χ0v) is 15.0. The number of nitro benzene ring substituents is 1. The predicted octanol–water partition coefficient (Wildman–Crippen LogP) is 3.22. The summed E-state index contributed by atoms with van der Waals surface area (Å²) < 4.78 is 10.1. The Hall–Kier alpha value is -3.13. The molecule has 0 saturated carbocycles. The Labute approximate surface area is 159 Å². The van der Waals surface area contributed by atoms with Gasteiger partial charge in [0.05, 0.1) is 24.0 Å². The Morgan fingerprint density at radius 3 is 2.74 bits per heavy atom. The molecule has 27 heavy (non-hydrogen) atoms.